The van der Waals surface area contributed by atoms with Gasteiger partial charge in [0.05, 0.1) is 5.52 Å². The van der Waals surface area contributed by atoms with E-state index in [2.05, 4.69) is 10.4 Å². The number of carbonyl (C=O) groups is 1. The lowest BCUT2D eigenvalue weighted by molar-refractivity contribution is 0.0942. The molecule has 0 aliphatic rings. The molecule has 0 saturated heterocycles. The van der Waals surface area contributed by atoms with Gasteiger partial charge in [-0.05, 0) is 19.9 Å². The van der Waals surface area contributed by atoms with Crippen LogP contribution in [0.15, 0.2) is 24.3 Å². The van der Waals surface area contributed by atoms with Crippen LogP contribution < -0.4 is 11.1 Å². The van der Waals surface area contributed by atoms with Gasteiger partial charge in [0, 0.05) is 24.5 Å². The summed E-state index contributed by atoms with van der Waals surface area (Å²) in [6, 6.07) is 7.65. The molecule has 1 amide bonds. The van der Waals surface area contributed by atoms with Gasteiger partial charge in [-0.2, -0.15) is 5.10 Å². The molecule has 3 N–H and O–H groups in total. The molecule has 1 aromatic heterocycles. The second-order valence-corrected chi connectivity index (χ2v) is 5.16. The molecule has 0 fully saturated rings. The highest BCUT2D eigenvalue weighted by Gasteiger charge is 2.18. The summed E-state index contributed by atoms with van der Waals surface area (Å²) in [7, 11) is 1.83. The molecule has 0 saturated carbocycles. The predicted octanol–water partition coefficient (Wildman–Crippen LogP) is 1.04. The van der Waals surface area contributed by atoms with Gasteiger partial charge in [-0.3, -0.25) is 9.48 Å². The quantitative estimate of drug-likeness (QED) is 0.850. The molecule has 0 atom stereocenters. The third-order valence-corrected chi connectivity index (χ3v) is 2.68. The minimum absolute atomic E-state index is 0.190. The lowest BCUT2D eigenvalue weighted by Crippen LogP contribution is -2.45. The highest BCUT2D eigenvalue weighted by molar-refractivity contribution is 6.04. The Morgan fingerprint density at radius 3 is 2.78 bits per heavy atom. The summed E-state index contributed by atoms with van der Waals surface area (Å²) in [5.41, 5.74) is 6.79. The van der Waals surface area contributed by atoms with Crippen molar-refractivity contribution >= 4 is 16.8 Å². The molecule has 0 aliphatic heterocycles. The second kappa shape index (κ2) is 4.42. The highest BCUT2D eigenvalue weighted by Crippen LogP contribution is 2.17. The summed E-state index contributed by atoms with van der Waals surface area (Å²) >= 11 is 0. The number of nitrogens with one attached hydrogen (secondary N) is 1. The number of nitrogens with two attached hydrogens (primary N) is 1. The van der Waals surface area contributed by atoms with Crippen LogP contribution >= 0.6 is 0 Å². The molecule has 18 heavy (non-hydrogen) atoms. The van der Waals surface area contributed by atoms with Crippen molar-refractivity contribution in [1.29, 1.82) is 0 Å². The smallest absolute Gasteiger partial charge is 0.272 e. The minimum atomic E-state index is -0.430. The van der Waals surface area contributed by atoms with E-state index in [0.29, 0.717) is 12.2 Å². The standard InChI is InChI=1S/C13H18N4O/c1-13(2,14)8-15-12(18)11-9-6-4-5-7-10(9)17(3)16-11/h4-7H,8,14H2,1-3H3,(H,15,18). The van der Waals surface area contributed by atoms with Crippen LogP contribution in [0.4, 0.5) is 0 Å². The SMILES string of the molecule is Cn1nc(C(=O)NCC(C)(C)N)c2ccccc21. The number of hydrogen-bond donors (Lipinski definition) is 2. The average Bonchev–Trinajstić information content (AvgIpc) is 2.64. The number of hydrogen-bond acceptors (Lipinski definition) is 3. The molecule has 0 spiro atoms. The Morgan fingerprint density at radius 2 is 2.11 bits per heavy atom. The number of carbonyl (C=O) groups excluding carboxylic acids is 1. The molecule has 96 valence electrons. The van der Waals surface area contributed by atoms with E-state index >= 15 is 0 Å². The van der Waals surface area contributed by atoms with E-state index in [4.69, 9.17) is 5.73 Å². The van der Waals surface area contributed by atoms with Crippen molar-refractivity contribution in [3.63, 3.8) is 0 Å². The van der Waals surface area contributed by atoms with E-state index in [1.54, 1.807) is 4.68 Å². The van der Waals surface area contributed by atoms with Crippen LogP contribution in [0.3, 0.4) is 0 Å². The Labute approximate surface area is 106 Å². The van der Waals surface area contributed by atoms with Crippen molar-refractivity contribution in [3.05, 3.63) is 30.0 Å². The largest absolute Gasteiger partial charge is 0.349 e. The number of aromatic nitrogens is 2. The third kappa shape index (κ3) is 2.51. The Bertz CT molecular complexity index is 580. The van der Waals surface area contributed by atoms with Gasteiger partial charge in [0.15, 0.2) is 5.69 Å². The minimum Gasteiger partial charge on any atom is -0.349 e. The van der Waals surface area contributed by atoms with Crippen molar-refractivity contribution in [2.24, 2.45) is 12.8 Å². The molecule has 1 heterocycles. The Hall–Kier alpha value is -1.88. The Balaban J connectivity index is 2.28. The fraction of sp³-hybridized carbons (Fsp3) is 0.385. The molecule has 0 unspecified atom stereocenters. The Kier molecular flexibility index (Phi) is 3.09. The molecule has 5 nitrogen and oxygen atoms in total. The summed E-state index contributed by atoms with van der Waals surface area (Å²) in [6.45, 7) is 4.14. The highest BCUT2D eigenvalue weighted by atomic mass is 16.1. The second-order valence-electron chi connectivity index (χ2n) is 5.16. The third-order valence-electron chi connectivity index (χ3n) is 2.68. The first kappa shape index (κ1) is 12.6. The van der Waals surface area contributed by atoms with E-state index in [9.17, 15) is 4.79 Å². The van der Waals surface area contributed by atoms with Crippen molar-refractivity contribution in [3.8, 4) is 0 Å². The first-order chi connectivity index (χ1) is 8.38. The van der Waals surface area contributed by atoms with Gasteiger partial charge in [-0.25, -0.2) is 0 Å². The van der Waals surface area contributed by atoms with Crippen molar-refractivity contribution in [2.45, 2.75) is 19.4 Å². The molecule has 2 aromatic rings. The van der Waals surface area contributed by atoms with E-state index in [1.807, 2.05) is 45.2 Å². The topological polar surface area (TPSA) is 72.9 Å². The first-order valence-electron chi connectivity index (χ1n) is 5.87. The molecule has 0 bridgehead atoms. The van der Waals surface area contributed by atoms with E-state index in [0.717, 1.165) is 10.9 Å². The number of benzene rings is 1. The Morgan fingerprint density at radius 1 is 1.44 bits per heavy atom. The average molecular weight is 246 g/mol. The van der Waals surface area contributed by atoms with Crippen LogP contribution in [-0.2, 0) is 7.05 Å². The van der Waals surface area contributed by atoms with Crippen LogP contribution in [-0.4, -0.2) is 27.8 Å². The van der Waals surface area contributed by atoms with Crippen molar-refractivity contribution in [2.75, 3.05) is 6.54 Å². The van der Waals surface area contributed by atoms with Gasteiger partial charge >= 0.3 is 0 Å². The number of fused-ring (bicyclic) bond motifs is 1. The number of para-hydroxylation sites is 1. The van der Waals surface area contributed by atoms with E-state index < -0.39 is 5.54 Å². The first-order valence-corrected chi connectivity index (χ1v) is 5.87. The van der Waals surface area contributed by atoms with Crippen LogP contribution in [0.25, 0.3) is 10.9 Å². The fourth-order valence-electron chi connectivity index (χ4n) is 1.77. The van der Waals surface area contributed by atoms with Crippen LogP contribution in [0.5, 0.6) is 0 Å². The number of nitrogens with zero attached hydrogens (tertiary/aromatic N) is 2. The molecule has 5 heteroatoms. The monoisotopic (exact) mass is 246 g/mol. The zero-order chi connectivity index (χ0) is 13.3. The number of aryl methyl sites for hydroxylation is 1. The van der Waals surface area contributed by atoms with Crippen LogP contribution in [0.2, 0.25) is 0 Å². The zero-order valence-corrected chi connectivity index (χ0v) is 10.9. The van der Waals surface area contributed by atoms with E-state index in [1.165, 1.54) is 0 Å². The molecular weight excluding hydrogens is 228 g/mol. The van der Waals surface area contributed by atoms with Gasteiger partial charge < -0.3 is 11.1 Å². The molecule has 1 aromatic carbocycles. The zero-order valence-electron chi connectivity index (χ0n) is 10.9. The summed E-state index contributed by atoms with van der Waals surface area (Å²) in [5, 5.41) is 7.91. The normalized spacial score (nSPS) is 11.8. The summed E-state index contributed by atoms with van der Waals surface area (Å²) < 4.78 is 1.71. The molecular formula is C13H18N4O. The predicted molar refractivity (Wildman–Crippen MR) is 71.3 cm³/mol. The van der Waals surface area contributed by atoms with Crippen molar-refractivity contribution in [1.82, 2.24) is 15.1 Å². The lowest BCUT2D eigenvalue weighted by Gasteiger charge is -2.18. The summed E-state index contributed by atoms with van der Waals surface area (Å²) in [6.07, 6.45) is 0. The molecule has 0 aliphatic carbocycles. The van der Waals surface area contributed by atoms with Crippen LogP contribution in [0, 0.1) is 0 Å². The van der Waals surface area contributed by atoms with Gasteiger partial charge in [-0.1, -0.05) is 18.2 Å². The van der Waals surface area contributed by atoms with E-state index in [-0.39, 0.29) is 5.91 Å². The number of rotatable bonds is 3. The summed E-state index contributed by atoms with van der Waals surface area (Å²) in [4.78, 5) is 12.1. The van der Waals surface area contributed by atoms with Crippen molar-refractivity contribution < 1.29 is 4.79 Å². The summed E-state index contributed by atoms with van der Waals surface area (Å²) in [5.74, 6) is -0.190. The molecule has 2 rings (SSSR count). The van der Waals surface area contributed by atoms with Gasteiger partial charge in [0.2, 0.25) is 0 Å². The maximum absolute atomic E-state index is 12.1. The van der Waals surface area contributed by atoms with Crippen LogP contribution in [0.1, 0.15) is 24.3 Å². The fourth-order valence-corrected chi connectivity index (χ4v) is 1.77. The maximum atomic E-state index is 12.1. The molecule has 0 radical (unpaired) electrons. The van der Waals surface area contributed by atoms with Gasteiger partial charge in [0.25, 0.3) is 5.91 Å². The number of amides is 1. The van der Waals surface area contributed by atoms with Gasteiger partial charge in [0.1, 0.15) is 0 Å². The maximum Gasteiger partial charge on any atom is 0.272 e. The van der Waals surface area contributed by atoms with Gasteiger partial charge in [-0.15, -0.1) is 0 Å². The lowest BCUT2D eigenvalue weighted by atomic mass is 10.1.